The minimum absolute atomic E-state index is 0.0147. The first-order valence-corrected chi connectivity index (χ1v) is 32.8. The van der Waals surface area contributed by atoms with Gasteiger partial charge in [-0.25, -0.2) is 13.2 Å². The SMILES string of the molecule is CC1(C)CC(=O)C(=C2C=C(C(=O)c3ccccc3)SC(S(C)(=O)=O)=C2)C(=O)C1.CCOC(=O)C1=CC(=C2C(=O)N(c3ccccc3)C(=S)N(c3ccccc3)C2=O)C=C(C(C)(C)C)S1.CCOC1=C(C)SC(C2CCCC2)=C/C1=C1/C(=O)NC(=O)C1=O. The molecule has 21 heteroatoms. The number of imide groups is 1. The predicted molar refractivity (Wildman–Crippen MR) is 344 cm³/mol. The largest absolute Gasteiger partial charge is 0.492 e. The van der Waals surface area contributed by atoms with E-state index in [1.54, 1.807) is 110 Å². The lowest BCUT2D eigenvalue weighted by atomic mass is 9.73. The molecular weight excluding hydrogens is 1200 g/mol. The number of rotatable bonds is 10. The topological polar surface area (TPSA) is 225 Å². The highest BCUT2D eigenvalue weighted by molar-refractivity contribution is 8.21. The zero-order valence-electron chi connectivity index (χ0n) is 49.5. The van der Waals surface area contributed by atoms with Gasteiger partial charge in [0.1, 0.15) is 21.1 Å². The summed E-state index contributed by atoms with van der Waals surface area (Å²) in [4.78, 5) is 121. The minimum Gasteiger partial charge on any atom is -0.492 e. The first-order chi connectivity index (χ1) is 41.1. The van der Waals surface area contributed by atoms with Gasteiger partial charge in [-0.15, -0.1) is 0 Å². The van der Waals surface area contributed by atoms with Gasteiger partial charge < -0.3 is 9.47 Å². The van der Waals surface area contributed by atoms with E-state index in [2.05, 4.69) is 5.32 Å². The third-order valence-corrected chi connectivity index (χ3v) is 20.2. The number of carbonyl (C=O) groups excluding carboxylic acids is 9. The van der Waals surface area contributed by atoms with Gasteiger partial charge in [-0.05, 0) is 138 Å². The summed E-state index contributed by atoms with van der Waals surface area (Å²) in [5, 5.41) is 2.14. The van der Waals surface area contributed by atoms with Crippen molar-refractivity contribution in [1.82, 2.24) is 5.32 Å². The van der Waals surface area contributed by atoms with Gasteiger partial charge in [0, 0.05) is 35.1 Å². The van der Waals surface area contributed by atoms with Gasteiger partial charge in [-0.2, -0.15) is 0 Å². The number of hydrogen-bond donors (Lipinski definition) is 1. The number of para-hydroxylation sites is 2. The van der Waals surface area contributed by atoms with E-state index in [-0.39, 0.29) is 78.8 Å². The number of thioether (sulfide) groups is 3. The molecule has 7 aliphatic rings. The number of allylic oxidation sites excluding steroid dienone is 12. The van der Waals surface area contributed by atoms with Crippen molar-refractivity contribution >= 4 is 127 Å². The van der Waals surface area contributed by atoms with Crippen molar-refractivity contribution in [3.05, 3.63) is 195 Å². The first-order valence-electron chi connectivity index (χ1n) is 28.1. The highest BCUT2D eigenvalue weighted by atomic mass is 32.3. The number of benzene rings is 3. The second-order valence-corrected chi connectivity index (χ2v) is 28.8. The number of ether oxygens (including phenoxy) is 2. The van der Waals surface area contributed by atoms with Crippen LogP contribution in [0.5, 0.6) is 0 Å². The number of amides is 4. The molecule has 16 nitrogen and oxygen atoms in total. The quantitative estimate of drug-likeness (QED) is 0.0379. The van der Waals surface area contributed by atoms with Gasteiger partial charge in [-0.1, -0.05) is 149 Å². The zero-order chi connectivity index (χ0) is 63.3. The average Bonchev–Trinajstić information content (AvgIpc) is 1.46. The molecule has 0 radical (unpaired) electrons. The van der Waals surface area contributed by atoms with E-state index in [0.29, 0.717) is 51.3 Å². The van der Waals surface area contributed by atoms with Crippen molar-refractivity contribution < 1.29 is 61.0 Å². The molecule has 4 fully saturated rings. The summed E-state index contributed by atoms with van der Waals surface area (Å²) >= 11 is 9.46. The summed E-state index contributed by atoms with van der Waals surface area (Å²) in [7, 11) is -3.63. The fraction of sp³-hybridized carbons (Fsp3) is 0.303. The Morgan fingerprint density at radius 3 is 1.70 bits per heavy atom. The molecule has 1 N–H and O–H groups in total. The monoisotopic (exact) mass is 1270 g/mol. The van der Waals surface area contributed by atoms with Crippen LogP contribution >= 0.6 is 47.5 Å². The van der Waals surface area contributed by atoms with E-state index in [9.17, 15) is 51.6 Å². The summed E-state index contributed by atoms with van der Waals surface area (Å²) in [5.74, 6) is -3.86. The highest BCUT2D eigenvalue weighted by Crippen LogP contribution is 2.48. The Labute approximate surface area is 524 Å². The summed E-state index contributed by atoms with van der Waals surface area (Å²) in [6.07, 6.45) is 14.1. The number of ketones is 4. The van der Waals surface area contributed by atoms with Gasteiger partial charge in [0.25, 0.3) is 29.4 Å². The molecule has 0 spiro atoms. The third kappa shape index (κ3) is 14.9. The molecule has 2 aliphatic carbocycles. The van der Waals surface area contributed by atoms with Crippen molar-refractivity contribution in [3.8, 4) is 0 Å². The Morgan fingerprint density at radius 1 is 0.678 bits per heavy atom. The van der Waals surface area contributed by atoms with Crippen LogP contribution in [0.2, 0.25) is 0 Å². The molecule has 3 aromatic rings. The molecule has 0 atom stereocenters. The molecule has 0 unspecified atom stereocenters. The van der Waals surface area contributed by atoms with Crippen LogP contribution in [-0.2, 0) is 57.7 Å². The zero-order valence-corrected chi connectivity index (χ0v) is 53.6. The number of nitrogens with zero attached hydrogens (tertiary/aromatic N) is 2. The Balaban J connectivity index is 0.000000174. The molecule has 452 valence electrons. The number of thiocarbonyl (C=S) groups is 1. The van der Waals surface area contributed by atoms with Crippen LogP contribution < -0.4 is 15.1 Å². The number of esters is 1. The van der Waals surface area contributed by atoms with Crippen molar-refractivity contribution in [1.29, 1.82) is 0 Å². The smallest absolute Gasteiger partial charge is 0.344 e. The molecule has 0 bridgehead atoms. The van der Waals surface area contributed by atoms with Gasteiger partial charge in [-0.3, -0.25) is 53.5 Å². The lowest BCUT2D eigenvalue weighted by Crippen LogP contribution is -2.57. The van der Waals surface area contributed by atoms with E-state index in [1.807, 2.05) is 66.7 Å². The van der Waals surface area contributed by atoms with Gasteiger partial charge in [0.05, 0.1) is 40.0 Å². The van der Waals surface area contributed by atoms with Crippen molar-refractivity contribution in [2.45, 2.75) is 93.9 Å². The van der Waals surface area contributed by atoms with Crippen LogP contribution in [0, 0.1) is 16.7 Å². The number of anilines is 2. The van der Waals surface area contributed by atoms with Gasteiger partial charge in [0.2, 0.25) is 0 Å². The molecular formula is C66H65N3O13S5. The van der Waals surface area contributed by atoms with Gasteiger partial charge >= 0.3 is 5.97 Å². The standard InChI is InChI=1S/C28H26N2O4S2.C21H20O5S2.C17H19NO4S/c1-5-34-26(33)21-16-18(17-22(36-21)28(2,3)4)23-24(31)29(19-12-8-6-9-13-19)27(35)30(25(23)32)20-14-10-7-11-15-20;1-21(2)11-15(22)19(16(23)12-21)14-9-17(27-18(10-14)28(3,25)26)20(24)13-7-5-4-6-8-13;1-3-22-15-9(2)23-12(10-6-4-5-7-10)8-11(15)13-14(19)17(21)18-16(13)20/h6-17H,5H2,1-4H3;4-10H,11-12H2,1-3H3;8,10H,3-7H2,1-2H3,(H,18,20,21)/b;;13-11-. The average molecular weight is 1270 g/mol. The number of hydrogen-bond acceptors (Lipinski definition) is 17. The normalized spacial score (nSPS) is 20.2. The van der Waals surface area contributed by atoms with E-state index < -0.39 is 50.6 Å². The minimum atomic E-state index is -3.63. The van der Waals surface area contributed by atoms with Crippen molar-refractivity contribution in [2.24, 2.45) is 16.7 Å². The van der Waals surface area contributed by atoms with E-state index in [1.165, 1.54) is 46.6 Å². The second-order valence-electron chi connectivity index (χ2n) is 22.7. The van der Waals surface area contributed by atoms with Crippen LogP contribution in [0.4, 0.5) is 11.4 Å². The fourth-order valence-electron chi connectivity index (χ4n) is 10.3. The number of carbonyl (C=O) groups is 9. The summed E-state index contributed by atoms with van der Waals surface area (Å²) in [6, 6.07) is 26.4. The highest BCUT2D eigenvalue weighted by Gasteiger charge is 2.44. The lowest BCUT2D eigenvalue weighted by molar-refractivity contribution is -0.137. The van der Waals surface area contributed by atoms with Crippen LogP contribution in [0.15, 0.2) is 189 Å². The van der Waals surface area contributed by atoms with Crippen molar-refractivity contribution in [3.63, 3.8) is 0 Å². The maximum Gasteiger partial charge on any atom is 0.344 e. The summed E-state index contributed by atoms with van der Waals surface area (Å²) in [6.45, 7) is 15.9. The van der Waals surface area contributed by atoms with Crippen LogP contribution in [-0.4, -0.2) is 85.7 Å². The van der Waals surface area contributed by atoms with Crippen molar-refractivity contribution in [2.75, 3.05) is 29.3 Å². The maximum atomic E-state index is 13.9. The molecule has 5 heterocycles. The molecule has 87 heavy (non-hydrogen) atoms. The molecule has 3 aromatic carbocycles. The molecule has 0 aromatic heterocycles. The second kappa shape index (κ2) is 27.2. The Hall–Kier alpha value is -7.56. The van der Waals surface area contributed by atoms with Crippen LogP contribution in [0.25, 0.3) is 0 Å². The van der Waals surface area contributed by atoms with Crippen LogP contribution in [0.1, 0.15) is 104 Å². The summed E-state index contributed by atoms with van der Waals surface area (Å²) < 4.78 is 35.2. The number of sulfone groups is 1. The number of Topliss-reactive ketones (excluding diaryl/α,β-unsaturated/α-hetero) is 4. The summed E-state index contributed by atoms with van der Waals surface area (Å²) in [5.41, 5.74) is 1.55. The molecule has 10 rings (SSSR count). The lowest BCUT2D eigenvalue weighted by Gasteiger charge is -2.37. The predicted octanol–water partition coefficient (Wildman–Crippen LogP) is 12.0. The van der Waals surface area contributed by atoms with E-state index in [0.717, 1.165) is 45.6 Å². The van der Waals surface area contributed by atoms with Crippen LogP contribution in [0.3, 0.4) is 0 Å². The maximum absolute atomic E-state index is 13.9. The third-order valence-electron chi connectivity index (χ3n) is 14.4. The first kappa shape index (κ1) is 65.4. The Bertz CT molecular complexity index is 3770. The Morgan fingerprint density at radius 2 is 1.21 bits per heavy atom. The van der Waals surface area contributed by atoms with E-state index in [4.69, 9.17) is 21.7 Å². The van der Waals surface area contributed by atoms with E-state index >= 15 is 0 Å². The fourth-order valence-corrected chi connectivity index (χ4v) is 14.9. The molecule has 2 saturated carbocycles. The molecule has 2 saturated heterocycles. The molecule has 5 aliphatic heterocycles. The number of nitrogens with one attached hydrogen (secondary N) is 1. The molecule has 4 amide bonds. The Kier molecular flexibility index (Phi) is 20.5. The van der Waals surface area contributed by atoms with Gasteiger partial charge in [0.15, 0.2) is 32.3 Å².